The van der Waals surface area contributed by atoms with Crippen molar-refractivity contribution in [1.29, 1.82) is 0 Å². The smallest absolute Gasteiger partial charge is 0.411 e. The van der Waals surface area contributed by atoms with Crippen LogP contribution in [0.5, 0.6) is 11.5 Å². The third-order valence-corrected chi connectivity index (χ3v) is 7.25. The predicted molar refractivity (Wildman–Crippen MR) is 149 cm³/mol. The van der Waals surface area contributed by atoms with Gasteiger partial charge in [0.2, 0.25) is 0 Å². The van der Waals surface area contributed by atoms with Gasteiger partial charge in [0.1, 0.15) is 17.1 Å². The Morgan fingerprint density at radius 1 is 1.16 bits per heavy atom. The highest BCUT2D eigenvalue weighted by atomic mass is 35.5. The molecule has 9 nitrogen and oxygen atoms in total. The highest BCUT2D eigenvalue weighted by Crippen LogP contribution is 2.38. The zero-order valence-electron chi connectivity index (χ0n) is 21.5. The van der Waals surface area contributed by atoms with Gasteiger partial charge in [-0.25, -0.2) is 9.78 Å². The molecule has 3 heterocycles. The van der Waals surface area contributed by atoms with Gasteiger partial charge < -0.3 is 29.2 Å². The van der Waals surface area contributed by atoms with E-state index in [1.54, 1.807) is 20.3 Å². The van der Waals surface area contributed by atoms with Gasteiger partial charge in [-0.15, -0.1) is 0 Å². The first kappa shape index (κ1) is 25.7. The van der Waals surface area contributed by atoms with Crippen molar-refractivity contribution in [3.63, 3.8) is 0 Å². The number of hydrogen-bond acceptors (Lipinski definition) is 6. The number of amides is 1. The number of benzene rings is 2. The first-order valence-corrected chi connectivity index (χ1v) is 12.7. The van der Waals surface area contributed by atoms with Gasteiger partial charge in [-0.05, 0) is 36.2 Å². The quantitative estimate of drug-likeness (QED) is 0.322. The molecule has 5 rings (SSSR count). The second kappa shape index (κ2) is 10.8. The number of halogens is 1. The minimum Gasteiger partial charge on any atom is -0.496 e. The summed E-state index contributed by atoms with van der Waals surface area (Å²) >= 11 is 6.38. The van der Waals surface area contributed by atoms with Crippen molar-refractivity contribution in [3.05, 3.63) is 71.5 Å². The number of carbonyl (C=O) groups is 1. The fraction of sp³-hybridized carbons (Fsp3) is 0.286. The molecule has 0 aliphatic carbocycles. The largest absolute Gasteiger partial charge is 0.496 e. The molecule has 0 radical (unpaired) electrons. The van der Waals surface area contributed by atoms with E-state index in [1.807, 2.05) is 47.1 Å². The molecule has 198 valence electrons. The van der Waals surface area contributed by atoms with E-state index in [2.05, 4.69) is 22.3 Å². The molecule has 10 heteroatoms. The van der Waals surface area contributed by atoms with Gasteiger partial charge in [-0.3, -0.25) is 4.90 Å². The first-order valence-electron chi connectivity index (χ1n) is 12.3. The molecular weight excluding hydrogens is 506 g/mol. The van der Waals surface area contributed by atoms with Crippen LogP contribution in [0.15, 0.2) is 60.9 Å². The van der Waals surface area contributed by atoms with Crippen molar-refractivity contribution < 1.29 is 19.4 Å². The minimum atomic E-state index is -0.975. The average molecular weight is 536 g/mol. The van der Waals surface area contributed by atoms with Crippen molar-refractivity contribution >= 4 is 34.7 Å². The van der Waals surface area contributed by atoms with Crippen LogP contribution in [0.1, 0.15) is 12.0 Å². The Morgan fingerprint density at radius 3 is 2.63 bits per heavy atom. The molecule has 4 aromatic rings. The molecule has 1 amide bonds. The van der Waals surface area contributed by atoms with Gasteiger partial charge in [0, 0.05) is 74.2 Å². The van der Waals surface area contributed by atoms with Crippen molar-refractivity contribution in [2.45, 2.75) is 19.0 Å². The topological polar surface area (TPSA) is 91.6 Å². The number of hydrogen-bond donors (Lipinski definition) is 2. The molecule has 2 aromatic heterocycles. The maximum Gasteiger partial charge on any atom is 0.411 e. The second-order valence-corrected chi connectivity index (χ2v) is 9.69. The molecular formula is C28H30ClN5O4. The van der Waals surface area contributed by atoms with E-state index in [0.717, 1.165) is 54.2 Å². The number of nitrogens with one attached hydrogen (secondary N) is 1. The number of fused-ring (bicyclic) bond motifs is 1. The molecule has 0 saturated carbocycles. The Morgan fingerprint density at radius 2 is 1.92 bits per heavy atom. The number of anilines is 2. The Balaban J connectivity index is 1.25. The highest BCUT2D eigenvalue weighted by Gasteiger charge is 2.23. The van der Waals surface area contributed by atoms with Gasteiger partial charge in [0.25, 0.3) is 0 Å². The van der Waals surface area contributed by atoms with Crippen molar-refractivity contribution in [3.8, 4) is 22.8 Å². The van der Waals surface area contributed by atoms with Crippen LogP contribution < -0.4 is 24.6 Å². The fourth-order valence-electron chi connectivity index (χ4n) is 4.73. The van der Waals surface area contributed by atoms with E-state index in [1.165, 1.54) is 11.9 Å². The van der Waals surface area contributed by atoms with E-state index in [-0.39, 0.29) is 0 Å². The van der Waals surface area contributed by atoms with Crippen LogP contribution in [0.4, 0.5) is 16.2 Å². The van der Waals surface area contributed by atoms with Crippen LogP contribution in [-0.2, 0) is 6.54 Å². The minimum absolute atomic E-state index is 0.355. The Kier molecular flexibility index (Phi) is 7.31. The summed E-state index contributed by atoms with van der Waals surface area (Å²) in [6, 6.07) is 15.7. The summed E-state index contributed by atoms with van der Waals surface area (Å²) in [6.07, 6.45) is 4.05. The summed E-state index contributed by atoms with van der Waals surface area (Å²) in [5.41, 5.74) is 5.31. The molecule has 0 spiro atoms. The highest BCUT2D eigenvalue weighted by molar-refractivity contribution is 6.32. The Labute approximate surface area is 226 Å². The van der Waals surface area contributed by atoms with Gasteiger partial charge in [0.15, 0.2) is 0 Å². The molecule has 2 N–H and O–H groups in total. The van der Waals surface area contributed by atoms with Crippen LogP contribution in [-0.4, -0.2) is 61.0 Å². The number of aromatic nitrogens is 2. The lowest BCUT2D eigenvalue weighted by Crippen LogP contribution is -2.32. The fourth-order valence-corrected chi connectivity index (χ4v) is 4.97. The standard InChI is InChI=1S/C28H30ClN5O4/c1-32(28(35)36)20-6-4-18(5-7-20)15-30-19-8-10-33(16-19)21-9-11-34-17-24(31-27(34)12-21)22-13-23(29)26(38-3)14-25(22)37-2/h4-7,9,11-14,17,19,30H,8,10,15-16H2,1-3H3,(H,35,36). The molecule has 1 fully saturated rings. The number of methoxy groups -OCH3 is 2. The first-order chi connectivity index (χ1) is 18.4. The predicted octanol–water partition coefficient (Wildman–Crippen LogP) is 5.15. The lowest BCUT2D eigenvalue weighted by molar-refractivity contribution is 0.203. The maximum atomic E-state index is 11.1. The van der Waals surface area contributed by atoms with Crippen LogP contribution in [0.25, 0.3) is 16.9 Å². The average Bonchev–Trinajstić information content (AvgIpc) is 3.58. The van der Waals surface area contributed by atoms with Gasteiger partial charge in [-0.2, -0.15) is 0 Å². The number of carboxylic acid groups (broad SMARTS) is 1. The zero-order valence-corrected chi connectivity index (χ0v) is 22.3. The number of nitrogens with zero attached hydrogens (tertiary/aromatic N) is 4. The van der Waals surface area contributed by atoms with E-state index in [9.17, 15) is 4.79 Å². The van der Waals surface area contributed by atoms with Gasteiger partial charge in [-0.1, -0.05) is 23.7 Å². The monoisotopic (exact) mass is 535 g/mol. The summed E-state index contributed by atoms with van der Waals surface area (Å²) in [5, 5.41) is 13.3. The van der Waals surface area contributed by atoms with Crippen LogP contribution in [0.3, 0.4) is 0 Å². The van der Waals surface area contributed by atoms with Crippen molar-refractivity contribution in [1.82, 2.24) is 14.7 Å². The summed E-state index contributed by atoms with van der Waals surface area (Å²) in [6.45, 7) is 2.57. The van der Waals surface area contributed by atoms with E-state index in [0.29, 0.717) is 28.3 Å². The molecule has 1 saturated heterocycles. The number of ether oxygens (including phenoxy) is 2. The number of rotatable bonds is 8. The zero-order chi connectivity index (χ0) is 26.8. The van der Waals surface area contributed by atoms with Crippen molar-refractivity contribution in [2.75, 3.05) is 44.2 Å². The molecule has 1 unspecified atom stereocenters. The lowest BCUT2D eigenvalue weighted by Gasteiger charge is -2.19. The number of pyridine rings is 1. The summed E-state index contributed by atoms with van der Waals surface area (Å²) in [7, 11) is 4.73. The maximum absolute atomic E-state index is 11.1. The molecule has 1 aliphatic rings. The normalized spacial score (nSPS) is 15.2. The lowest BCUT2D eigenvalue weighted by atomic mass is 10.1. The molecule has 1 aliphatic heterocycles. The third-order valence-electron chi connectivity index (χ3n) is 6.95. The van der Waals surface area contributed by atoms with Gasteiger partial charge >= 0.3 is 6.09 Å². The second-order valence-electron chi connectivity index (χ2n) is 9.28. The number of imidazole rings is 1. The molecule has 1 atom stereocenters. The van der Waals surface area contributed by atoms with E-state index < -0.39 is 6.09 Å². The van der Waals surface area contributed by atoms with E-state index in [4.69, 9.17) is 31.2 Å². The van der Waals surface area contributed by atoms with Crippen molar-refractivity contribution in [2.24, 2.45) is 0 Å². The summed E-state index contributed by atoms with van der Waals surface area (Å²) in [4.78, 5) is 19.5. The van der Waals surface area contributed by atoms with Crippen LogP contribution in [0.2, 0.25) is 5.02 Å². The Bertz CT molecular complexity index is 1460. The molecule has 2 aromatic carbocycles. The SMILES string of the molecule is COc1cc(OC)c(-c2cn3ccc(N4CCC(NCc5ccc(N(C)C(=O)O)cc5)C4)cc3n2)cc1Cl. The van der Waals surface area contributed by atoms with Crippen LogP contribution in [0, 0.1) is 0 Å². The van der Waals surface area contributed by atoms with Crippen LogP contribution >= 0.6 is 11.6 Å². The molecule has 38 heavy (non-hydrogen) atoms. The summed E-state index contributed by atoms with van der Waals surface area (Å²) < 4.78 is 12.9. The van der Waals surface area contributed by atoms with E-state index >= 15 is 0 Å². The van der Waals surface area contributed by atoms with Gasteiger partial charge in [0.05, 0.1) is 24.9 Å². The third kappa shape index (κ3) is 5.20. The molecule has 0 bridgehead atoms. The summed E-state index contributed by atoms with van der Waals surface area (Å²) in [5.74, 6) is 1.20. The Hall–Kier alpha value is -3.95.